The van der Waals surface area contributed by atoms with Crippen molar-refractivity contribution in [1.29, 1.82) is 0 Å². The van der Waals surface area contributed by atoms with E-state index in [0.29, 0.717) is 0 Å². The number of carbonyl (C=O) groups excluding carboxylic acids is 2. The van der Waals surface area contributed by atoms with Gasteiger partial charge in [0.1, 0.15) is 0 Å². The quantitative estimate of drug-likeness (QED) is 0.807. The summed E-state index contributed by atoms with van der Waals surface area (Å²) in [6, 6.07) is 5.69. The lowest BCUT2D eigenvalue weighted by Gasteiger charge is -2.27. The van der Waals surface area contributed by atoms with Gasteiger partial charge in [-0.2, -0.15) is 0 Å². The number of amides is 2. The molecule has 0 saturated carbocycles. The van der Waals surface area contributed by atoms with Crippen LogP contribution in [-0.4, -0.2) is 48.7 Å². The Morgan fingerprint density at radius 3 is 2.68 bits per heavy atom. The molecule has 1 aliphatic heterocycles. The van der Waals surface area contributed by atoms with E-state index in [1.54, 1.807) is 4.90 Å². The normalized spacial score (nSPS) is 19.6. The minimum atomic E-state index is -1.53. The summed E-state index contributed by atoms with van der Waals surface area (Å²) in [6.45, 7) is 5.36. The van der Waals surface area contributed by atoms with Gasteiger partial charge in [-0.05, 0) is 38.0 Å². The monoisotopic (exact) mass is 348 g/mol. The summed E-state index contributed by atoms with van der Waals surface area (Å²) < 4.78 is 4.90. The van der Waals surface area contributed by atoms with Gasteiger partial charge in [-0.15, -0.1) is 0 Å². The second-order valence-corrected chi connectivity index (χ2v) is 6.68. The van der Waals surface area contributed by atoms with E-state index in [2.05, 4.69) is 5.32 Å². The topological polar surface area (TPSA) is 95.9 Å². The van der Waals surface area contributed by atoms with Gasteiger partial charge in [0.25, 0.3) is 0 Å². The lowest BCUT2D eigenvalue weighted by Crippen LogP contribution is -2.56. The van der Waals surface area contributed by atoms with Crippen molar-refractivity contribution in [3.63, 3.8) is 0 Å². The first-order valence-corrected chi connectivity index (χ1v) is 8.10. The average molecular weight is 348 g/mol. The van der Waals surface area contributed by atoms with Crippen molar-refractivity contribution in [2.75, 3.05) is 25.2 Å². The summed E-state index contributed by atoms with van der Waals surface area (Å²) in [7, 11) is 1.37. The minimum absolute atomic E-state index is 0.0574. The highest BCUT2D eigenvalue weighted by Gasteiger charge is 2.41. The smallest absolute Gasteiger partial charge is 0.331 e. The number of carboxylic acids is 1. The van der Waals surface area contributed by atoms with E-state index in [9.17, 15) is 19.5 Å². The van der Waals surface area contributed by atoms with Crippen LogP contribution in [0.3, 0.4) is 0 Å². The SMILES string of the molecule is COCC(C)(NC(=O)C1CC(=O)N(c2cccc(C)c2C)C1)C(=O)O. The summed E-state index contributed by atoms with van der Waals surface area (Å²) in [5, 5.41) is 11.8. The third-order valence-corrected chi connectivity index (χ3v) is 4.67. The number of hydrogen-bond acceptors (Lipinski definition) is 4. The number of nitrogens with zero attached hydrogens (tertiary/aromatic N) is 1. The highest BCUT2D eigenvalue weighted by Crippen LogP contribution is 2.29. The first kappa shape index (κ1) is 18.9. The van der Waals surface area contributed by atoms with Crippen LogP contribution in [0.25, 0.3) is 0 Å². The van der Waals surface area contributed by atoms with Crippen molar-refractivity contribution >= 4 is 23.5 Å². The summed E-state index contributed by atoms with van der Waals surface area (Å²) in [6.07, 6.45) is 0.0574. The Morgan fingerprint density at radius 2 is 2.08 bits per heavy atom. The van der Waals surface area contributed by atoms with Crippen molar-refractivity contribution in [2.45, 2.75) is 32.7 Å². The van der Waals surface area contributed by atoms with Gasteiger partial charge in [0.15, 0.2) is 5.54 Å². The molecule has 1 fully saturated rings. The third-order valence-electron chi connectivity index (χ3n) is 4.67. The molecule has 1 heterocycles. The van der Waals surface area contributed by atoms with Crippen molar-refractivity contribution in [3.05, 3.63) is 29.3 Å². The molecule has 0 bridgehead atoms. The minimum Gasteiger partial charge on any atom is -0.479 e. The molecule has 1 aromatic rings. The Balaban J connectivity index is 2.15. The number of nitrogens with one attached hydrogen (secondary N) is 1. The first-order valence-electron chi connectivity index (χ1n) is 8.10. The van der Waals surface area contributed by atoms with Crippen molar-refractivity contribution in [3.8, 4) is 0 Å². The number of ether oxygens (including phenoxy) is 1. The molecule has 0 aromatic heterocycles. The maximum Gasteiger partial charge on any atom is 0.331 e. The van der Waals surface area contributed by atoms with Crippen LogP contribution in [0.1, 0.15) is 24.5 Å². The van der Waals surface area contributed by atoms with Crippen LogP contribution in [-0.2, 0) is 19.1 Å². The molecule has 1 saturated heterocycles. The summed E-state index contributed by atoms with van der Waals surface area (Å²) >= 11 is 0. The molecule has 2 atom stereocenters. The molecule has 0 radical (unpaired) electrons. The van der Waals surface area contributed by atoms with Crippen LogP contribution in [0.2, 0.25) is 0 Å². The molecule has 0 spiro atoms. The first-order chi connectivity index (χ1) is 11.7. The number of aryl methyl sites for hydroxylation is 1. The van der Waals surface area contributed by atoms with Crippen LogP contribution in [0, 0.1) is 19.8 Å². The van der Waals surface area contributed by atoms with E-state index >= 15 is 0 Å². The highest BCUT2D eigenvalue weighted by atomic mass is 16.5. The largest absolute Gasteiger partial charge is 0.479 e. The Labute approximate surface area is 147 Å². The van der Waals surface area contributed by atoms with E-state index in [0.717, 1.165) is 16.8 Å². The number of anilines is 1. The zero-order valence-corrected chi connectivity index (χ0v) is 15.0. The highest BCUT2D eigenvalue weighted by molar-refractivity contribution is 6.01. The van der Waals surface area contributed by atoms with E-state index in [1.807, 2.05) is 32.0 Å². The molecule has 2 amide bonds. The van der Waals surface area contributed by atoms with Gasteiger partial charge in [0.2, 0.25) is 11.8 Å². The number of methoxy groups -OCH3 is 1. The maximum atomic E-state index is 12.5. The molecule has 1 aliphatic rings. The molecule has 136 valence electrons. The molecule has 7 nitrogen and oxygen atoms in total. The van der Waals surface area contributed by atoms with Gasteiger partial charge in [-0.25, -0.2) is 4.79 Å². The van der Waals surface area contributed by atoms with Gasteiger partial charge >= 0.3 is 5.97 Å². The molecular weight excluding hydrogens is 324 g/mol. The number of carbonyl (C=O) groups is 3. The lowest BCUT2D eigenvalue weighted by atomic mass is 10.0. The van der Waals surface area contributed by atoms with Gasteiger partial charge in [0.05, 0.1) is 12.5 Å². The number of hydrogen-bond donors (Lipinski definition) is 2. The third kappa shape index (κ3) is 3.82. The van der Waals surface area contributed by atoms with E-state index in [4.69, 9.17) is 4.74 Å². The fourth-order valence-corrected chi connectivity index (χ4v) is 2.96. The lowest BCUT2D eigenvalue weighted by molar-refractivity contribution is -0.149. The number of benzene rings is 1. The fourth-order valence-electron chi connectivity index (χ4n) is 2.96. The van der Waals surface area contributed by atoms with Gasteiger partial charge in [0, 0.05) is 25.8 Å². The predicted molar refractivity (Wildman–Crippen MR) is 92.4 cm³/mol. The predicted octanol–water partition coefficient (Wildman–Crippen LogP) is 1.26. The van der Waals surface area contributed by atoms with Crippen molar-refractivity contribution < 1.29 is 24.2 Å². The standard InChI is InChI=1S/C18H24N2O5/c1-11-6-5-7-14(12(11)2)20-9-13(8-15(20)21)16(22)19-18(3,10-25-4)17(23)24/h5-7,13H,8-10H2,1-4H3,(H,19,22)(H,23,24). The molecule has 7 heteroatoms. The number of aliphatic carboxylic acids is 1. The van der Waals surface area contributed by atoms with Crippen LogP contribution in [0.5, 0.6) is 0 Å². The summed E-state index contributed by atoms with van der Waals surface area (Å²) in [5.41, 5.74) is 1.32. The van der Waals surface area contributed by atoms with Crippen molar-refractivity contribution in [2.24, 2.45) is 5.92 Å². The second-order valence-electron chi connectivity index (χ2n) is 6.68. The van der Waals surface area contributed by atoms with Gasteiger partial charge in [-0.1, -0.05) is 12.1 Å². The zero-order chi connectivity index (χ0) is 18.8. The molecule has 2 rings (SSSR count). The summed E-state index contributed by atoms with van der Waals surface area (Å²) in [4.78, 5) is 37.9. The Bertz CT molecular complexity index is 703. The van der Waals surface area contributed by atoms with Gasteiger partial charge < -0.3 is 20.1 Å². The summed E-state index contributed by atoms with van der Waals surface area (Å²) in [5.74, 6) is -2.37. The van der Waals surface area contributed by atoms with Crippen molar-refractivity contribution in [1.82, 2.24) is 5.32 Å². The number of carboxylic acid groups (broad SMARTS) is 1. The molecular formula is C18H24N2O5. The van der Waals surface area contributed by atoms with Crippen LogP contribution < -0.4 is 10.2 Å². The molecule has 1 aromatic carbocycles. The van der Waals surface area contributed by atoms with E-state index in [1.165, 1.54) is 14.0 Å². The van der Waals surface area contributed by atoms with E-state index < -0.39 is 23.3 Å². The van der Waals surface area contributed by atoms with Crippen LogP contribution >= 0.6 is 0 Å². The Kier molecular flexibility index (Phi) is 5.47. The maximum absolute atomic E-state index is 12.5. The second kappa shape index (κ2) is 7.23. The number of rotatable bonds is 6. The zero-order valence-electron chi connectivity index (χ0n) is 15.0. The van der Waals surface area contributed by atoms with E-state index in [-0.39, 0.29) is 25.5 Å². The molecule has 25 heavy (non-hydrogen) atoms. The average Bonchev–Trinajstić information content (AvgIpc) is 2.92. The molecule has 2 unspecified atom stereocenters. The fraction of sp³-hybridized carbons (Fsp3) is 0.500. The molecule has 2 N–H and O–H groups in total. The van der Waals surface area contributed by atoms with Gasteiger partial charge in [-0.3, -0.25) is 9.59 Å². The van der Waals surface area contributed by atoms with Crippen LogP contribution in [0.4, 0.5) is 5.69 Å². The van der Waals surface area contributed by atoms with Crippen LogP contribution in [0.15, 0.2) is 18.2 Å². The Morgan fingerprint density at radius 1 is 1.40 bits per heavy atom. The Hall–Kier alpha value is -2.41. The molecule has 0 aliphatic carbocycles.